The number of hydrogen-bond donors (Lipinski definition) is 0. The van der Waals surface area contributed by atoms with Crippen molar-refractivity contribution in [1.29, 1.82) is 0 Å². The summed E-state index contributed by atoms with van der Waals surface area (Å²) >= 11 is 0. The molecule has 0 saturated carbocycles. The summed E-state index contributed by atoms with van der Waals surface area (Å²) in [7, 11) is 0. The second kappa shape index (κ2) is 13.4. The fraction of sp³-hybridized carbons (Fsp3) is 0. The van der Waals surface area contributed by atoms with Crippen molar-refractivity contribution in [2.24, 2.45) is 0 Å². The molecular weight excluding hydrogens is 655 g/mol. The van der Waals surface area contributed by atoms with Crippen LogP contribution >= 0.6 is 0 Å². The molecule has 54 heavy (non-hydrogen) atoms. The molecule has 0 N–H and O–H groups in total. The predicted octanol–water partition coefficient (Wildman–Crippen LogP) is 13.3. The SMILES string of the molecule is c1ccc(-c2cc(-c3cccc4ccccc34)ccc2-c2cccc(-c3nc(-c4ccc5ccccc5c4)nc(-c4ccc5ccccc5c4)n3)c2)cc1. The van der Waals surface area contributed by atoms with Gasteiger partial charge in [-0.25, -0.2) is 15.0 Å². The maximum absolute atomic E-state index is 5.14. The van der Waals surface area contributed by atoms with Crippen LogP contribution in [0.3, 0.4) is 0 Å². The van der Waals surface area contributed by atoms with E-state index in [1.807, 2.05) is 0 Å². The molecule has 0 radical (unpaired) electrons. The lowest BCUT2D eigenvalue weighted by molar-refractivity contribution is 1.08. The van der Waals surface area contributed by atoms with Crippen LogP contribution in [0.4, 0.5) is 0 Å². The highest BCUT2D eigenvalue weighted by Crippen LogP contribution is 2.39. The third kappa shape index (κ3) is 5.88. The van der Waals surface area contributed by atoms with Crippen LogP contribution < -0.4 is 0 Å². The maximum atomic E-state index is 5.14. The first-order valence-corrected chi connectivity index (χ1v) is 18.3. The molecule has 0 aliphatic rings. The van der Waals surface area contributed by atoms with Crippen molar-refractivity contribution < 1.29 is 0 Å². The maximum Gasteiger partial charge on any atom is 0.164 e. The molecule has 0 bridgehead atoms. The highest BCUT2D eigenvalue weighted by molar-refractivity contribution is 5.99. The van der Waals surface area contributed by atoms with E-state index in [0.717, 1.165) is 44.2 Å². The Morgan fingerprint density at radius 2 is 0.685 bits per heavy atom. The van der Waals surface area contributed by atoms with E-state index in [4.69, 9.17) is 15.0 Å². The average molecular weight is 688 g/mol. The van der Waals surface area contributed by atoms with E-state index < -0.39 is 0 Å². The Balaban J connectivity index is 1.13. The number of aromatic nitrogens is 3. The summed E-state index contributed by atoms with van der Waals surface area (Å²) in [5.41, 5.74) is 9.80. The van der Waals surface area contributed by atoms with Crippen molar-refractivity contribution in [1.82, 2.24) is 15.0 Å². The topological polar surface area (TPSA) is 38.7 Å². The quantitative estimate of drug-likeness (QED) is 0.175. The van der Waals surface area contributed by atoms with Crippen LogP contribution in [0.15, 0.2) is 200 Å². The molecule has 9 aromatic carbocycles. The molecule has 0 atom stereocenters. The largest absolute Gasteiger partial charge is 0.208 e. The minimum Gasteiger partial charge on any atom is -0.208 e. The van der Waals surface area contributed by atoms with E-state index in [9.17, 15) is 0 Å². The Labute approximate surface area is 313 Å². The van der Waals surface area contributed by atoms with E-state index in [-0.39, 0.29) is 0 Å². The van der Waals surface area contributed by atoms with Gasteiger partial charge in [0, 0.05) is 16.7 Å². The Bertz CT molecular complexity index is 2900. The number of nitrogens with zero attached hydrogens (tertiary/aromatic N) is 3. The Morgan fingerprint density at radius 3 is 1.35 bits per heavy atom. The number of hydrogen-bond acceptors (Lipinski definition) is 3. The first-order valence-electron chi connectivity index (χ1n) is 18.3. The molecule has 1 aromatic heterocycles. The summed E-state index contributed by atoms with van der Waals surface area (Å²) in [5.74, 6) is 1.92. The molecule has 252 valence electrons. The van der Waals surface area contributed by atoms with Gasteiger partial charge in [-0.15, -0.1) is 0 Å². The minimum absolute atomic E-state index is 0.631. The number of fused-ring (bicyclic) bond motifs is 3. The molecule has 0 saturated heterocycles. The van der Waals surface area contributed by atoms with Crippen LogP contribution in [0, 0.1) is 0 Å². The molecule has 10 rings (SSSR count). The third-order valence-electron chi connectivity index (χ3n) is 10.3. The van der Waals surface area contributed by atoms with Crippen LogP contribution in [-0.2, 0) is 0 Å². The van der Waals surface area contributed by atoms with Gasteiger partial charge in [0.15, 0.2) is 17.5 Å². The number of rotatable bonds is 6. The summed E-state index contributed by atoms with van der Waals surface area (Å²) in [6.07, 6.45) is 0. The Morgan fingerprint density at radius 1 is 0.222 bits per heavy atom. The second-order valence-corrected chi connectivity index (χ2v) is 13.7. The molecule has 0 spiro atoms. The van der Waals surface area contributed by atoms with Crippen molar-refractivity contribution in [3.63, 3.8) is 0 Å². The molecule has 0 amide bonds. The highest BCUT2D eigenvalue weighted by Gasteiger charge is 2.16. The Kier molecular flexibility index (Phi) is 7.81. The summed E-state index contributed by atoms with van der Waals surface area (Å²) in [6, 6.07) is 70.8. The summed E-state index contributed by atoms with van der Waals surface area (Å²) in [4.78, 5) is 15.4. The van der Waals surface area contributed by atoms with Gasteiger partial charge in [0.2, 0.25) is 0 Å². The van der Waals surface area contributed by atoms with E-state index in [1.165, 1.54) is 38.2 Å². The zero-order valence-corrected chi connectivity index (χ0v) is 29.4. The lowest BCUT2D eigenvalue weighted by atomic mass is 9.89. The van der Waals surface area contributed by atoms with Crippen LogP contribution in [0.1, 0.15) is 0 Å². The van der Waals surface area contributed by atoms with Gasteiger partial charge in [0.1, 0.15) is 0 Å². The van der Waals surface area contributed by atoms with Crippen LogP contribution in [0.25, 0.3) is 99.9 Å². The van der Waals surface area contributed by atoms with Crippen molar-refractivity contribution in [3.8, 4) is 67.5 Å². The third-order valence-corrected chi connectivity index (χ3v) is 10.3. The van der Waals surface area contributed by atoms with Crippen molar-refractivity contribution in [2.45, 2.75) is 0 Å². The van der Waals surface area contributed by atoms with Gasteiger partial charge < -0.3 is 0 Å². The standard InChI is InChI=1S/C51H33N3/c1-2-14-37(15-3-1)48-33-41(46-23-11-19-36-16-8-9-22-45(36)46)28-29-47(48)40-20-10-21-42(32-40)49-52-50(43-26-24-34-12-4-6-17-38(34)30-43)54-51(53-49)44-27-25-35-13-5-7-18-39(35)31-44/h1-33H. The van der Waals surface area contributed by atoms with Gasteiger partial charge in [0.05, 0.1) is 0 Å². The van der Waals surface area contributed by atoms with E-state index in [2.05, 4.69) is 200 Å². The fourth-order valence-corrected chi connectivity index (χ4v) is 7.54. The summed E-state index contributed by atoms with van der Waals surface area (Å²) in [6.45, 7) is 0. The van der Waals surface area contributed by atoms with Gasteiger partial charge in [0.25, 0.3) is 0 Å². The van der Waals surface area contributed by atoms with Crippen molar-refractivity contribution in [3.05, 3.63) is 200 Å². The van der Waals surface area contributed by atoms with Gasteiger partial charge in [-0.3, -0.25) is 0 Å². The van der Waals surface area contributed by atoms with Crippen LogP contribution in [0.5, 0.6) is 0 Å². The molecule has 0 unspecified atom stereocenters. The lowest BCUT2D eigenvalue weighted by Crippen LogP contribution is -2.00. The zero-order chi connectivity index (χ0) is 35.8. The first-order chi connectivity index (χ1) is 26.7. The first kappa shape index (κ1) is 31.5. The van der Waals surface area contributed by atoms with Gasteiger partial charge >= 0.3 is 0 Å². The molecule has 0 fully saturated rings. The van der Waals surface area contributed by atoms with E-state index in [0.29, 0.717) is 17.5 Å². The van der Waals surface area contributed by atoms with Gasteiger partial charge in [-0.05, 0) is 90.0 Å². The van der Waals surface area contributed by atoms with Crippen LogP contribution in [0.2, 0.25) is 0 Å². The predicted molar refractivity (Wildman–Crippen MR) is 225 cm³/mol. The Hall–Kier alpha value is -7.23. The van der Waals surface area contributed by atoms with Crippen molar-refractivity contribution >= 4 is 32.3 Å². The minimum atomic E-state index is 0.631. The summed E-state index contributed by atoms with van der Waals surface area (Å²) in [5, 5.41) is 7.13. The van der Waals surface area contributed by atoms with Crippen LogP contribution in [-0.4, -0.2) is 15.0 Å². The smallest absolute Gasteiger partial charge is 0.164 e. The molecule has 3 heteroatoms. The van der Waals surface area contributed by atoms with E-state index >= 15 is 0 Å². The van der Waals surface area contributed by atoms with Gasteiger partial charge in [-0.2, -0.15) is 0 Å². The molecule has 3 nitrogen and oxygen atoms in total. The van der Waals surface area contributed by atoms with E-state index in [1.54, 1.807) is 0 Å². The number of benzene rings is 9. The molecular formula is C51H33N3. The molecule has 0 aliphatic carbocycles. The average Bonchev–Trinajstić information content (AvgIpc) is 3.26. The summed E-state index contributed by atoms with van der Waals surface area (Å²) < 4.78 is 0. The fourth-order valence-electron chi connectivity index (χ4n) is 7.54. The highest BCUT2D eigenvalue weighted by atomic mass is 15.0. The molecule has 10 aromatic rings. The second-order valence-electron chi connectivity index (χ2n) is 13.7. The van der Waals surface area contributed by atoms with Gasteiger partial charge in [-0.1, -0.05) is 176 Å². The normalized spacial score (nSPS) is 11.3. The molecule has 1 heterocycles. The monoisotopic (exact) mass is 687 g/mol. The molecule has 0 aliphatic heterocycles. The van der Waals surface area contributed by atoms with Crippen molar-refractivity contribution in [2.75, 3.05) is 0 Å². The lowest BCUT2D eigenvalue weighted by Gasteiger charge is -2.15. The zero-order valence-electron chi connectivity index (χ0n) is 29.4.